The van der Waals surface area contributed by atoms with E-state index in [4.69, 9.17) is 18.9 Å². The molecule has 25 heavy (non-hydrogen) atoms. The van der Waals surface area contributed by atoms with Gasteiger partial charge in [-0.15, -0.1) is 0 Å². The minimum absolute atomic E-state index is 0.0920. The molecule has 0 bridgehead atoms. The van der Waals surface area contributed by atoms with Crippen LogP contribution in [0.5, 0.6) is 23.0 Å². The van der Waals surface area contributed by atoms with E-state index in [-0.39, 0.29) is 23.8 Å². The Bertz CT molecular complexity index is 947. The van der Waals surface area contributed by atoms with Crippen molar-refractivity contribution in [1.29, 1.82) is 0 Å². The van der Waals surface area contributed by atoms with Gasteiger partial charge in [-0.05, 0) is 35.7 Å². The quantitative estimate of drug-likeness (QED) is 0.837. The number of aryl methyl sites for hydroxylation is 1. The predicted molar refractivity (Wildman–Crippen MR) is 90.0 cm³/mol. The molecule has 0 fully saturated rings. The number of ether oxygens (including phenoxy) is 4. The molecule has 0 radical (unpaired) electrons. The standard InChI is InChI=1S/C19H16O6/c1-22-15-6-4-11-12(8-14(15)21)13(20)5-3-10-7-16-18(25-9-24-16)19(23-2)17(10)11/h4,6-8H,3,5,9H2,1-2H3. The summed E-state index contributed by atoms with van der Waals surface area (Å²) >= 11 is 0. The van der Waals surface area contributed by atoms with E-state index >= 15 is 0 Å². The second-order valence-electron chi connectivity index (χ2n) is 5.84. The zero-order valence-electron chi connectivity index (χ0n) is 13.9. The van der Waals surface area contributed by atoms with Crippen molar-refractivity contribution in [1.82, 2.24) is 0 Å². The number of ketones is 1. The number of carbonyl (C=O) groups is 1. The van der Waals surface area contributed by atoms with E-state index in [9.17, 15) is 9.59 Å². The van der Waals surface area contributed by atoms with Crippen LogP contribution in [0.25, 0.3) is 11.1 Å². The van der Waals surface area contributed by atoms with Crippen LogP contribution in [0.4, 0.5) is 0 Å². The summed E-state index contributed by atoms with van der Waals surface area (Å²) in [6.07, 6.45) is 0.833. The number of hydrogen-bond acceptors (Lipinski definition) is 6. The van der Waals surface area contributed by atoms with Gasteiger partial charge in [0, 0.05) is 23.6 Å². The monoisotopic (exact) mass is 340 g/mol. The molecule has 0 unspecified atom stereocenters. The lowest BCUT2D eigenvalue weighted by Gasteiger charge is -2.15. The molecule has 0 amide bonds. The van der Waals surface area contributed by atoms with E-state index in [1.54, 1.807) is 19.2 Å². The second-order valence-corrected chi connectivity index (χ2v) is 5.84. The molecule has 0 saturated heterocycles. The number of benzene rings is 1. The highest BCUT2D eigenvalue weighted by molar-refractivity contribution is 6.05. The Morgan fingerprint density at radius 1 is 0.960 bits per heavy atom. The largest absolute Gasteiger partial charge is 0.493 e. The summed E-state index contributed by atoms with van der Waals surface area (Å²) in [5, 5.41) is 0. The first-order valence-electron chi connectivity index (χ1n) is 7.89. The summed E-state index contributed by atoms with van der Waals surface area (Å²) in [5.74, 6) is 1.72. The van der Waals surface area contributed by atoms with Crippen molar-refractivity contribution in [2.45, 2.75) is 12.8 Å². The van der Waals surface area contributed by atoms with E-state index in [1.807, 2.05) is 6.07 Å². The molecule has 2 aliphatic rings. The van der Waals surface area contributed by atoms with Crippen molar-refractivity contribution < 1.29 is 23.7 Å². The third-order valence-electron chi connectivity index (χ3n) is 4.53. The Morgan fingerprint density at radius 2 is 1.80 bits per heavy atom. The van der Waals surface area contributed by atoms with Crippen LogP contribution in [-0.4, -0.2) is 26.8 Å². The topological polar surface area (TPSA) is 71.1 Å². The van der Waals surface area contributed by atoms with Crippen LogP contribution in [-0.2, 0) is 6.42 Å². The van der Waals surface area contributed by atoms with Gasteiger partial charge in [-0.1, -0.05) is 0 Å². The number of methoxy groups -OCH3 is 2. The van der Waals surface area contributed by atoms with Crippen molar-refractivity contribution in [3.05, 3.63) is 45.6 Å². The summed E-state index contributed by atoms with van der Waals surface area (Å²) in [6, 6.07) is 6.52. The maximum absolute atomic E-state index is 12.6. The van der Waals surface area contributed by atoms with Gasteiger partial charge < -0.3 is 18.9 Å². The van der Waals surface area contributed by atoms with Crippen LogP contribution >= 0.6 is 0 Å². The fourth-order valence-electron chi connectivity index (χ4n) is 3.36. The van der Waals surface area contributed by atoms with Gasteiger partial charge in [-0.25, -0.2) is 0 Å². The third kappa shape index (κ3) is 2.33. The Kier molecular flexibility index (Phi) is 3.60. The molecule has 0 N–H and O–H groups in total. The van der Waals surface area contributed by atoms with Crippen LogP contribution in [0.3, 0.4) is 0 Å². The van der Waals surface area contributed by atoms with Crippen molar-refractivity contribution in [3.63, 3.8) is 0 Å². The molecule has 0 spiro atoms. The Balaban J connectivity index is 2.10. The average Bonchev–Trinajstić information content (AvgIpc) is 2.96. The molecule has 4 rings (SSSR count). The third-order valence-corrected chi connectivity index (χ3v) is 4.53. The molecular weight excluding hydrogens is 324 g/mol. The SMILES string of the molecule is COc1c2c(cc3c1-c1ccc(OC)c(=O)cc1C(=O)CC3)OCO2. The zero-order chi connectivity index (χ0) is 17.6. The van der Waals surface area contributed by atoms with Crippen LogP contribution in [0.1, 0.15) is 22.3 Å². The fraction of sp³-hybridized carbons (Fsp3) is 0.263. The molecule has 6 heteroatoms. The maximum atomic E-state index is 12.6. The lowest BCUT2D eigenvalue weighted by Crippen LogP contribution is -2.05. The van der Waals surface area contributed by atoms with Gasteiger partial charge in [0.25, 0.3) is 0 Å². The van der Waals surface area contributed by atoms with Crippen LogP contribution in [0.2, 0.25) is 0 Å². The lowest BCUT2D eigenvalue weighted by molar-refractivity contribution is 0.0984. The molecule has 2 aromatic rings. The zero-order valence-corrected chi connectivity index (χ0v) is 13.9. The van der Waals surface area contributed by atoms with Gasteiger partial charge in [0.05, 0.1) is 14.2 Å². The summed E-state index contributed by atoms with van der Waals surface area (Å²) in [7, 11) is 2.98. The molecule has 0 atom stereocenters. The summed E-state index contributed by atoms with van der Waals surface area (Å²) in [4.78, 5) is 24.9. The lowest BCUT2D eigenvalue weighted by atomic mass is 9.96. The highest BCUT2D eigenvalue weighted by atomic mass is 16.7. The van der Waals surface area contributed by atoms with Gasteiger partial charge in [-0.3, -0.25) is 9.59 Å². The van der Waals surface area contributed by atoms with Crippen molar-refractivity contribution in [2.24, 2.45) is 0 Å². The maximum Gasteiger partial charge on any atom is 0.231 e. The van der Waals surface area contributed by atoms with Gasteiger partial charge in [0.2, 0.25) is 18.0 Å². The van der Waals surface area contributed by atoms with Crippen molar-refractivity contribution in [3.8, 4) is 34.1 Å². The second kappa shape index (κ2) is 5.81. The average molecular weight is 340 g/mol. The van der Waals surface area contributed by atoms with Gasteiger partial charge in [-0.2, -0.15) is 0 Å². The van der Waals surface area contributed by atoms with E-state index in [0.29, 0.717) is 41.2 Å². The summed E-state index contributed by atoms with van der Waals surface area (Å²) in [5.41, 5.74) is 2.34. The summed E-state index contributed by atoms with van der Waals surface area (Å²) < 4.78 is 21.7. The van der Waals surface area contributed by atoms with Gasteiger partial charge in [0.15, 0.2) is 23.0 Å². The smallest absolute Gasteiger partial charge is 0.231 e. The Morgan fingerprint density at radius 3 is 2.56 bits per heavy atom. The molecule has 1 aliphatic heterocycles. The Hall–Kier alpha value is -3.02. The minimum Gasteiger partial charge on any atom is -0.493 e. The predicted octanol–water partition coefficient (Wildman–Crippen LogP) is 2.59. The highest BCUT2D eigenvalue weighted by Crippen LogP contribution is 2.50. The normalized spacial score (nSPS) is 14.4. The number of hydrogen-bond donors (Lipinski definition) is 0. The molecule has 128 valence electrons. The van der Waals surface area contributed by atoms with E-state index in [2.05, 4.69) is 0 Å². The molecular formula is C19H16O6. The van der Waals surface area contributed by atoms with Gasteiger partial charge >= 0.3 is 0 Å². The van der Waals surface area contributed by atoms with Crippen molar-refractivity contribution >= 4 is 5.78 Å². The number of fused-ring (bicyclic) bond motifs is 4. The van der Waals surface area contributed by atoms with Crippen molar-refractivity contribution in [2.75, 3.05) is 21.0 Å². The first kappa shape index (κ1) is 15.5. The van der Waals surface area contributed by atoms with E-state index in [1.165, 1.54) is 13.2 Å². The minimum atomic E-state index is -0.333. The number of rotatable bonds is 2. The van der Waals surface area contributed by atoms with E-state index in [0.717, 1.165) is 11.1 Å². The number of Topliss-reactive ketones (excluding diaryl/α,β-unsaturated/α-hetero) is 1. The van der Waals surface area contributed by atoms with Crippen LogP contribution in [0.15, 0.2) is 29.1 Å². The molecule has 1 aliphatic carbocycles. The molecule has 2 aromatic carbocycles. The van der Waals surface area contributed by atoms with Crippen LogP contribution < -0.4 is 24.4 Å². The highest BCUT2D eigenvalue weighted by Gasteiger charge is 2.30. The van der Waals surface area contributed by atoms with E-state index < -0.39 is 0 Å². The fourth-order valence-corrected chi connectivity index (χ4v) is 3.36. The number of carbonyl (C=O) groups excluding carboxylic acids is 1. The first-order chi connectivity index (χ1) is 12.1. The molecule has 1 heterocycles. The first-order valence-corrected chi connectivity index (χ1v) is 7.89. The molecule has 6 nitrogen and oxygen atoms in total. The van der Waals surface area contributed by atoms with Crippen LogP contribution in [0, 0.1) is 0 Å². The molecule has 0 saturated carbocycles. The molecule has 0 aromatic heterocycles. The summed E-state index contributed by atoms with van der Waals surface area (Å²) in [6.45, 7) is 0.126. The Labute approximate surface area is 143 Å². The van der Waals surface area contributed by atoms with Gasteiger partial charge in [0.1, 0.15) is 0 Å².